The van der Waals surface area contributed by atoms with Crippen LogP contribution >= 0.6 is 0 Å². The maximum Gasteiger partial charge on any atom is 0.341 e. The highest BCUT2D eigenvalue weighted by atomic mass is 16.4. The molecule has 1 aliphatic heterocycles. The fourth-order valence-electron chi connectivity index (χ4n) is 2.91. The van der Waals surface area contributed by atoms with E-state index in [0.29, 0.717) is 11.3 Å². The first-order valence-corrected chi connectivity index (χ1v) is 6.64. The van der Waals surface area contributed by atoms with Gasteiger partial charge in [0, 0.05) is 26.2 Å². The number of carboxylic acid groups (broad SMARTS) is 1. The molecule has 6 heteroatoms. The minimum atomic E-state index is -0.898. The first-order chi connectivity index (χ1) is 8.91. The monoisotopic (exact) mass is 266 g/mol. The molecule has 1 N–H and O–H groups in total. The number of anilines is 1. The van der Waals surface area contributed by atoms with Crippen LogP contribution < -0.4 is 4.90 Å². The summed E-state index contributed by atoms with van der Waals surface area (Å²) in [5, 5.41) is 13.7. The Bertz CT molecular complexity index is 483. The normalized spacial score (nSPS) is 21.5. The van der Waals surface area contributed by atoms with Gasteiger partial charge in [0.05, 0.1) is 5.69 Å². The molecular weight excluding hydrogens is 244 g/mol. The molecule has 0 aliphatic carbocycles. The molecule has 0 saturated carbocycles. The van der Waals surface area contributed by atoms with Crippen LogP contribution in [0, 0.1) is 6.92 Å². The average Bonchev–Trinajstić information content (AvgIpc) is 2.48. The van der Waals surface area contributed by atoms with Crippen molar-refractivity contribution in [3.05, 3.63) is 11.3 Å². The summed E-state index contributed by atoms with van der Waals surface area (Å²) in [6.45, 7) is 6.73. The number of hydrogen-bond acceptors (Lipinski definition) is 4. The molecule has 0 radical (unpaired) electrons. The van der Waals surface area contributed by atoms with Gasteiger partial charge < -0.3 is 14.9 Å². The van der Waals surface area contributed by atoms with Gasteiger partial charge in [-0.2, -0.15) is 5.10 Å². The number of carbonyl (C=O) groups is 1. The highest BCUT2D eigenvalue weighted by molar-refractivity contribution is 5.95. The lowest BCUT2D eigenvalue weighted by Crippen LogP contribution is -2.39. The third-order valence-electron chi connectivity index (χ3n) is 3.72. The van der Waals surface area contributed by atoms with E-state index < -0.39 is 5.97 Å². The first-order valence-electron chi connectivity index (χ1n) is 6.64. The van der Waals surface area contributed by atoms with Gasteiger partial charge in [-0.25, -0.2) is 4.79 Å². The molecule has 106 valence electrons. The molecule has 19 heavy (non-hydrogen) atoms. The third-order valence-corrected chi connectivity index (χ3v) is 3.72. The third kappa shape index (κ3) is 2.58. The van der Waals surface area contributed by atoms with Crippen molar-refractivity contribution in [1.29, 1.82) is 0 Å². The summed E-state index contributed by atoms with van der Waals surface area (Å²) in [6, 6.07) is 0.278. The van der Waals surface area contributed by atoms with Crippen LogP contribution in [-0.4, -0.2) is 58.5 Å². The largest absolute Gasteiger partial charge is 0.477 e. The van der Waals surface area contributed by atoms with E-state index in [9.17, 15) is 9.90 Å². The second-order valence-corrected chi connectivity index (χ2v) is 5.37. The van der Waals surface area contributed by atoms with Crippen LogP contribution in [0.2, 0.25) is 0 Å². The SMILES string of the molecule is Cc1nn(C)c(N2CCCN(C)CC2C)c1C(=O)O. The zero-order valence-corrected chi connectivity index (χ0v) is 12.1. The molecule has 2 rings (SSSR count). The van der Waals surface area contributed by atoms with E-state index in [2.05, 4.69) is 28.9 Å². The van der Waals surface area contributed by atoms with Gasteiger partial charge in [-0.15, -0.1) is 0 Å². The number of rotatable bonds is 2. The summed E-state index contributed by atoms with van der Waals surface area (Å²) in [7, 11) is 3.92. The predicted molar refractivity (Wildman–Crippen MR) is 73.8 cm³/mol. The number of nitrogens with zero attached hydrogens (tertiary/aromatic N) is 4. The van der Waals surface area contributed by atoms with E-state index >= 15 is 0 Å². The van der Waals surface area contributed by atoms with Crippen LogP contribution in [0.15, 0.2) is 0 Å². The highest BCUT2D eigenvalue weighted by Crippen LogP contribution is 2.26. The number of aromatic carboxylic acids is 1. The van der Waals surface area contributed by atoms with Crippen molar-refractivity contribution in [2.45, 2.75) is 26.3 Å². The molecule has 1 saturated heterocycles. The second-order valence-electron chi connectivity index (χ2n) is 5.37. The molecule has 1 fully saturated rings. The molecule has 6 nitrogen and oxygen atoms in total. The summed E-state index contributed by atoms with van der Waals surface area (Å²) in [6.07, 6.45) is 1.03. The van der Waals surface area contributed by atoms with Crippen molar-refractivity contribution >= 4 is 11.8 Å². The lowest BCUT2D eigenvalue weighted by atomic mass is 10.2. The quantitative estimate of drug-likeness (QED) is 0.864. The number of hydrogen-bond donors (Lipinski definition) is 1. The topological polar surface area (TPSA) is 61.6 Å². The number of carboxylic acids is 1. The van der Waals surface area contributed by atoms with Crippen molar-refractivity contribution in [2.75, 3.05) is 31.6 Å². The Balaban J connectivity index is 2.42. The van der Waals surface area contributed by atoms with Crippen LogP contribution in [0.25, 0.3) is 0 Å². The van der Waals surface area contributed by atoms with Crippen LogP contribution in [-0.2, 0) is 7.05 Å². The zero-order valence-electron chi connectivity index (χ0n) is 12.1. The van der Waals surface area contributed by atoms with Gasteiger partial charge in [-0.1, -0.05) is 0 Å². The van der Waals surface area contributed by atoms with Gasteiger partial charge in [-0.3, -0.25) is 4.68 Å². The average molecular weight is 266 g/mol. The lowest BCUT2D eigenvalue weighted by molar-refractivity contribution is 0.0696. The minimum Gasteiger partial charge on any atom is -0.477 e. The van der Waals surface area contributed by atoms with E-state index in [1.807, 2.05) is 7.05 Å². The minimum absolute atomic E-state index is 0.278. The van der Waals surface area contributed by atoms with Crippen LogP contribution in [0.3, 0.4) is 0 Å². The van der Waals surface area contributed by atoms with Crippen molar-refractivity contribution in [3.63, 3.8) is 0 Å². The van der Waals surface area contributed by atoms with Crippen molar-refractivity contribution in [3.8, 4) is 0 Å². The molecule has 0 aromatic carbocycles. The molecule has 1 aromatic heterocycles. The van der Waals surface area contributed by atoms with Crippen LogP contribution in [0.4, 0.5) is 5.82 Å². The van der Waals surface area contributed by atoms with Crippen molar-refractivity contribution < 1.29 is 9.90 Å². The Morgan fingerprint density at radius 3 is 2.68 bits per heavy atom. The van der Waals surface area contributed by atoms with E-state index in [1.54, 1.807) is 11.6 Å². The van der Waals surface area contributed by atoms with Crippen molar-refractivity contribution in [2.24, 2.45) is 7.05 Å². The lowest BCUT2D eigenvalue weighted by Gasteiger charge is -2.30. The molecule has 0 spiro atoms. The van der Waals surface area contributed by atoms with Gasteiger partial charge in [0.25, 0.3) is 0 Å². The number of aromatic nitrogens is 2. The van der Waals surface area contributed by atoms with Gasteiger partial charge >= 0.3 is 5.97 Å². The van der Waals surface area contributed by atoms with E-state index in [0.717, 1.165) is 31.9 Å². The Morgan fingerprint density at radius 2 is 2.05 bits per heavy atom. The highest BCUT2D eigenvalue weighted by Gasteiger charge is 2.28. The van der Waals surface area contributed by atoms with Crippen molar-refractivity contribution in [1.82, 2.24) is 14.7 Å². The number of aryl methyl sites for hydroxylation is 2. The molecule has 2 heterocycles. The molecule has 1 unspecified atom stereocenters. The summed E-state index contributed by atoms with van der Waals surface area (Å²) in [5.74, 6) is -0.168. The second kappa shape index (κ2) is 5.21. The van der Waals surface area contributed by atoms with E-state index in [4.69, 9.17) is 0 Å². The summed E-state index contributed by atoms with van der Waals surface area (Å²) >= 11 is 0. The van der Waals surface area contributed by atoms with Gasteiger partial charge in [-0.05, 0) is 33.9 Å². The molecule has 1 atom stereocenters. The fraction of sp³-hybridized carbons (Fsp3) is 0.692. The van der Waals surface area contributed by atoms with Crippen LogP contribution in [0.1, 0.15) is 29.4 Å². The predicted octanol–water partition coefficient (Wildman–Crippen LogP) is 0.957. The summed E-state index contributed by atoms with van der Waals surface area (Å²) in [4.78, 5) is 15.9. The Kier molecular flexibility index (Phi) is 3.80. The number of likely N-dealkylation sites (N-methyl/N-ethyl adjacent to an activating group) is 1. The zero-order chi connectivity index (χ0) is 14.2. The van der Waals surface area contributed by atoms with Gasteiger partial charge in [0.2, 0.25) is 0 Å². The summed E-state index contributed by atoms with van der Waals surface area (Å²) < 4.78 is 1.70. The summed E-state index contributed by atoms with van der Waals surface area (Å²) in [5.41, 5.74) is 0.911. The van der Waals surface area contributed by atoms with Gasteiger partial charge in [0.1, 0.15) is 11.4 Å². The molecular formula is C13H22N4O2. The van der Waals surface area contributed by atoms with E-state index in [1.165, 1.54) is 0 Å². The fourth-order valence-corrected chi connectivity index (χ4v) is 2.91. The smallest absolute Gasteiger partial charge is 0.341 e. The Hall–Kier alpha value is -1.56. The first kappa shape index (κ1) is 13.9. The van der Waals surface area contributed by atoms with Crippen LogP contribution in [0.5, 0.6) is 0 Å². The van der Waals surface area contributed by atoms with E-state index in [-0.39, 0.29) is 6.04 Å². The van der Waals surface area contributed by atoms with Gasteiger partial charge in [0.15, 0.2) is 0 Å². The Labute approximate surface area is 113 Å². The maximum absolute atomic E-state index is 11.5. The maximum atomic E-state index is 11.5. The molecule has 0 bridgehead atoms. The molecule has 0 amide bonds. The molecule has 1 aromatic rings. The Morgan fingerprint density at radius 1 is 1.37 bits per heavy atom. The molecule has 1 aliphatic rings. The standard InChI is InChI=1S/C13H22N4O2/c1-9-8-15(3)6-5-7-17(9)12-11(13(18)19)10(2)14-16(12)4/h9H,5-8H2,1-4H3,(H,18,19).